The van der Waals surface area contributed by atoms with Gasteiger partial charge >= 0.3 is 0 Å². The molecule has 0 aromatic rings. The molecule has 2 fully saturated rings. The third-order valence-electron chi connectivity index (χ3n) is 5.37. The van der Waals surface area contributed by atoms with Crippen LogP contribution in [0.1, 0.15) is 60.8 Å². The van der Waals surface area contributed by atoms with E-state index >= 15 is 0 Å². The van der Waals surface area contributed by atoms with Crippen LogP contribution in [0, 0.1) is 17.8 Å². The van der Waals surface area contributed by atoms with E-state index in [1.165, 1.54) is 0 Å². The average molecular weight is 294 g/mol. The molecule has 1 aliphatic heterocycles. The summed E-state index contributed by atoms with van der Waals surface area (Å²) in [5, 5.41) is 2.90. The SMILES string of the molecule is CC(C)C1C(=O)NC(C)(C)C(=O)N1C1CCC(C)C(C)C1. The molecule has 0 radical (unpaired) electrons. The molecule has 4 unspecified atom stereocenters. The number of nitrogens with one attached hydrogen (secondary N) is 1. The zero-order chi connectivity index (χ0) is 15.9. The number of nitrogens with zero attached hydrogens (tertiary/aromatic N) is 1. The Labute approximate surface area is 128 Å². The Bertz CT molecular complexity index is 431. The maximum Gasteiger partial charge on any atom is 0.248 e. The Morgan fingerprint density at radius 3 is 2.29 bits per heavy atom. The van der Waals surface area contributed by atoms with Gasteiger partial charge in [0, 0.05) is 6.04 Å². The normalized spacial score (nSPS) is 36.8. The molecule has 4 atom stereocenters. The lowest BCUT2D eigenvalue weighted by Crippen LogP contribution is -2.71. The molecule has 1 saturated carbocycles. The topological polar surface area (TPSA) is 49.4 Å². The van der Waals surface area contributed by atoms with Crippen LogP contribution in [0.15, 0.2) is 0 Å². The third kappa shape index (κ3) is 2.95. The van der Waals surface area contributed by atoms with Gasteiger partial charge in [-0.15, -0.1) is 0 Å². The highest BCUT2D eigenvalue weighted by Crippen LogP contribution is 2.36. The Hall–Kier alpha value is -1.06. The molecular formula is C17H30N2O2. The summed E-state index contributed by atoms with van der Waals surface area (Å²) in [6, 6.07) is -0.113. The van der Waals surface area contributed by atoms with Gasteiger partial charge in [0.25, 0.3) is 0 Å². The van der Waals surface area contributed by atoms with Crippen LogP contribution in [0.4, 0.5) is 0 Å². The third-order valence-corrected chi connectivity index (χ3v) is 5.37. The molecule has 2 aliphatic rings. The van der Waals surface area contributed by atoms with Crippen molar-refractivity contribution in [3.8, 4) is 0 Å². The van der Waals surface area contributed by atoms with Gasteiger partial charge in [0.2, 0.25) is 11.8 Å². The largest absolute Gasteiger partial charge is 0.340 e. The number of rotatable bonds is 2. The van der Waals surface area contributed by atoms with E-state index in [0.717, 1.165) is 19.3 Å². The summed E-state index contributed by atoms with van der Waals surface area (Å²) >= 11 is 0. The lowest BCUT2D eigenvalue weighted by molar-refractivity contribution is -0.160. The molecule has 1 heterocycles. The minimum Gasteiger partial charge on any atom is -0.340 e. The van der Waals surface area contributed by atoms with Gasteiger partial charge in [0.1, 0.15) is 11.6 Å². The summed E-state index contributed by atoms with van der Waals surface area (Å²) in [4.78, 5) is 27.3. The van der Waals surface area contributed by atoms with Crippen LogP contribution in [-0.4, -0.2) is 34.3 Å². The zero-order valence-electron chi connectivity index (χ0n) is 14.3. The van der Waals surface area contributed by atoms with Gasteiger partial charge in [0.15, 0.2) is 0 Å². The van der Waals surface area contributed by atoms with Crippen molar-refractivity contribution in [1.29, 1.82) is 0 Å². The van der Waals surface area contributed by atoms with Gasteiger partial charge in [-0.1, -0.05) is 27.7 Å². The molecule has 0 aromatic carbocycles. The van der Waals surface area contributed by atoms with Crippen LogP contribution in [0.25, 0.3) is 0 Å². The van der Waals surface area contributed by atoms with Crippen LogP contribution in [-0.2, 0) is 9.59 Å². The number of piperazine rings is 1. The lowest BCUT2D eigenvalue weighted by atomic mass is 9.77. The minimum atomic E-state index is -0.783. The monoisotopic (exact) mass is 294 g/mol. The molecule has 2 rings (SSSR count). The van der Waals surface area contributed by atoms with E-state index in [1.54, 1.807) is 0 Å². The van der Waals surface area contributed by atoms with Gasteiger partial charge < -0.3 is 10.2 Å². The van der Waals surface area contributed by atoms with Crippen molar-refractivity contribution >= 4 is 11.8 Å². The van der Waals surface area contributed by atoms with Crippen molar-refractivity contribution in [3.05, 3.63) is 0 Å². The van der Waals surface area contributed by atoms with Crippen LogP contribution in [0.3, 0.4) is 0 Å². The Morgan fingerprint density at radius 2 is 1.76 bits per heavy atom. The second-order valence-corrected chi connectivity index (χ2v) is 7.94. The van der Waals surface area contributed by atoms with Crippen molar-refractivity contribution in [2.24, 2.45) is 17.8 Å². The van der Waals surface area contributed by atoms with E-state index in [-0.39, 0.29) is 29.8 Å². The van der Waals surface area contributed by atoms with Crippen LogP contribution >= 0.6 is 0 Å². The van der Waals surface area contributed by atoms with E-state index < -0.39 is 5.54 Å². The van der Waals surface area contributed by atoms with Crippen molar-refractivity contribution in [3.63, 3.8) is 0 Å². The van der Waals surface area contributed by atoms with Crippen LogP contribution < -0.4 is 5.32 Å². The van der Waals surface area contributed by atoms with Crippen molar-refractivity contribution < 1.29 is 9.59 Å². The van der Waals surface area contributed by atoms with Gasteiger partial charge in [-0.25, -0.2) is 0 Å². The van der Waals surface area contributed by atoms with E-state index in [1.807, 2.05) is 32.6 Å². The minimum absolute atomic E-state index is 0.000810. The fourth-order valence-electron chi connectivity index (χ4n) is 3.80. The van der Waals surface area contributed by atoms with Gasteiger partial charge in [-0.05, 0) is 50.9 Å². The molecule has 4 nitrogen and oxygen atoms in total. The highest BCUT2D eigenvalue weighted by atomic mass is 16.2. The van der Waals surface area contributed by atoms with E-state index in [9.17, 15) is 9.59 Å². The Balaban J connectivity index is 2.30. The number of carbonyl (C=O) groups is 2. The number of amides is 2. The zero-order valence-corrected chi connectivity index (χ0v) is 14.3. The summed E-state index contributed by atoms with van der Waals surface area (Å²) in [5.74, 6) is 1.53. The second-order valence-electron chi connectivity index (χ2n) is 7.94. The maximum atomic E-state index is 12.9. The average Bonchev–Trinajstić information content (AvgIpc) is 2.36. The summed E-state index contributed by atoms with van der Waals surface area (Å²) < 4.78 is 0. The summed E-state index contributed by atoms with van der Waals surface area (Å²) in [6.45, 7) is 12.2. The first-order valence-corrected chi connectivity index (χ1v) is 8.30. The fraction of sp³-hybridized carbons (Fsp3) is 0.882. The molecule has 0 bridgehead atoms. The van der Waals surface area contributed by atoms with E-state index in [4.69, 9.17) is 0 Å². The summed E-state index contributed by atoms with van der Waals surface area (Å²) in [5.41, 5.74) is -0.783. The molecule has 1 aliphatic carbocycles. The number of hydrogen-bond acceptors (Lipinski definition) is 2. The van der Waals surface area contributed by atoms with E-state index in [0.29, 0.717) is 11.8 Å². The molecular weight excluding hydrogens is 264 g/mol. The van der Waals surface area contributed by atoms with Gasteiger partial charge in [0.05, 0.1) is 0 Å². The molecule has 120 valence electrons. The fourth-order valence-corrected chi connectivity index (χ4v) is 3.80. The first-order valence-electron chi connectivity index (χ1n) is 8.30. The van der Waals surface area contributed by atoms with Crippen LogP contribution in [0.2, 0.25) is 0 Å². The van der Waals surface area contributed by atoms with Crippen molar-refractivity contribution in [2.75, 3.05) is 0 Å². The van der Waals surface area contributed by atoms with Gasteiger partial charge in [-0.3, -0.25) is 9.59 Å². The lowest BCUT2D eigenvalue weighted by Gasteiger charge is -2.50. The maximum absolute atomic E-state index is 12.9. The smallest absolute Gasteiger partial charge is 0.248 e. The van der Waals surface area contributed by atoms with Crippen molar-refractivity contribution in [1.82, 2.24) is 10.2 Å². The molecule has 0 aromatic heterocycles. The molecule has 1 saturated heterocycles. The first kappa shape index (κ1) is 16.3. The first-order chi connectivity index (χ1) is 9.65. The standard InChI is InChI=1S/C17H30N2O2/c1-10(2)14-15(20)18-17(5,6)16(21)19(14)13-8-7-11(3)12(4)9-13/h10-14H,7-9H2,1-6H3,(H,18,20). The highest BCUT2D eigenvalue weighted by Gasteiger charge is 2.49. The predicted octanol–water partition coefficient (Wildman–Crippen LogP) is 2.57. The highest BCUT2D eigenvalue weighted by molar-refractivity contribution is 5.99. The van der Waals surface area contributed by atoms with Crippen molar-refractivity contribution in [2.45, 2.75) is 78.4 Å². The molecule has 2 amide bonds. The summed E-state index contributed by atoms with van der Waals surface area (Å²) in [6.07, 6.45) is 3.17. The number of hydrogen-bond donors (Lipinski definition) is 1. The molecule has 21 heavy (non-hydrogen) atoms. The predicted molar refractivity (Wildman–Crippen MR) is 83.7 cm³/mol. The Kier molecular flexibility index (Phi) is 4.36. The second kappa shape index (κ2) is 5.62. The van der Waals surface area contributed by atoms with Crippen LogP contribution in [0.5, 0.6) is 0 Å². The molecule has 0 spiro atoms. The molecule has 1 N–H and O–H groups in total. The Morgan fingerprint density at radius 1 is 1.14 bits per heavy atom. The quantitative estimate of drug-likeness (QED) is 0.851. The van der Waals surface area contributed by atoms with Gasteiger partial charge in [-0.2, -0.15) is 0 Å². The molecule has 4 heteroatoms. The summed E-state index contributed by atoms with van der Waals surface area (Å²) in [7, 11) is 0. The van der Waals surface area contributed by atoms with E-state index in [2.05, 4.69) is 19.2 Å². The number of carbonyl (C=O) groups excluding carboxylic acids is 2.